The van der Waals surface area contributed by atoms with Crippen LogP contribution in [0.2, 0.25) is 0 Å². The molecule has 2 aromatic carbocycles. The normalized spacial score (nSPS) is 25.1. The van der Waals surface area contributed by atoms with Gasteiger partial charge in [0.25, 0.3) is 0 Å². The van der Waals surface area contributed by atoms with Gasteiger partial charge in [0.15, 0.2) is 0 Å². The number of amides is 1. The summed E-state index contributed by atoms with van der Waals surface area (Å²) in [5.41, 5.74) is 8.60. The monoisotopic (exact) mass is 414 g/mol. The Morgan fingerprint density at radius 2 is 1.83 bits per heavy atom. The Labute approximate surface area is 179 Å². The Bertz CT molecular complexity index is 823. The molecule has 156 valence electrons. The van der Waals surface area contributed by atoms with Crippen molar-refractivity contribution in [3.63, 3.8) is 0 Å². The van der Waals surface area contributed by atoms with Gasteiger partial charge in [0, 0.05) is 25.0 Å². The van der Waals surface area contributed by atoms with Gasteiger partial charge in [0.2, 0.25) is 5.91 Å². The van der Waals surface area contributed by atoms with Gasteiger partial charge in [-0.25, -0.2) is 0 Å². The lowest BCUT2D eigenvalue weighted by Crippen LogP contribution is -2.54. The lowest BCUT2D eigenvalue weighted by atomic mass is 9.79. The molecule has 3 unspecified atom stereocenters. The number of nitrogens with zero attached hydrogens (tertiary/aromatic N) is 1. The predicted molar refractivity (Wildman–Crippen MR) is 118 cm³/mol. The second-order valence-corrected chi connectivity index (χ2v) is 8.94. The van der Waals surface area contributed by atoms with Gasteiger partial charge in [-0.15, -0.1) is 12.4 Å². The molecule has 0 spiro atoms. The first-order valence-corrected chi connectivity index (χ1v) is 10.2. The quantitative estimate of drug-likeness (QED) is 0.789. The van der Waals surface area contributed by atoms with Crippen molar-refractivity contribution in [3.05, 3.63) is 65.7 Å². The first-order valence-electron chi connectivity index (χ1n) is 10.2. The molecule has 2 N–H and O–H groups in total. The molecule has 2 aliphatic rings. The first-order chi connectivity index (χ1) is 13.4. The van der Waals surface area contributed by atoms with Crippen LogP contribution < -0.4 is 10.5 Å². The molecule has 1 heterocycles. The molecule has 1 amide bonds. The lowest BCUT2D eigenvalue weighted by Gasteiger charge is -2.42. The molecule has 0 aromatic heterocycles. The van der Waals surface area contributed by atoms with Crippen LogP contribution in [0.1, 0.15) is 43.7 Å². The summed E-state index contributed by atoms with van der Waals surface area (Å²) in [4.78, 5) is 15.0. The minimum Gasteiger partial charge on any atom is -0.489 e. The van der Waals surface area contributed by atoms with E-state index in [0.717, 1.165) is 37.2 Å². The molecular weight excluding hydrogens is 384 g/mol. The molecule has 4 nitrogen and oxygen atoms in total. The zero-order chi connectivity index (χ0) is 19.7. The number of carbonyl (C=O) groups is 1. The Morgan fingerprint density at radius 3 is 2.48 bits per heavy atom. The smallest absolute Gasteiger partial charge is 0.226 e. The molecule has 2 aromatic rings. The van der Waals surface area contributed by atoms with E-state index in [2.05, 4.69) is 38.1 Å². The van der Waals surface area contributed by atoms with Crippen LogP contribution >= 0.6 is 12.4 Å². The minimum atomic E-state index is -0.00393. The highest BCUT2D eigenvalue weighted by Gasteiger charge is 2.47. The fourth-order valence-electron chi connectivity index (χ4n) is 4.18. The van der Waals surface area contributed by atoms with Crippen molar-refractivity contribution in [2.24, 2.45) is 17.1 Å². The lowest BCUT2D eigenvalue weighted by molar-refractivity contribution is -0.136. The topological polar surface area (TPSA) is 55.6 Å². The molecular formula is C24H31ClN2O2. The van der Waals surface area contributed by atoms with E-state index in [-0.39, 0.29) is 29.8 Å². The Morgan fingerprint density at radius 1 is 1.14 bits per heavy atom. The summed E-state index contributed by atoms with van der Waals surface area (Å²) in [6.45, 7) is 6.45. The standard InChI is InChI=1S/C24H30N2O2.ClH/c1-24(2)16-26(13-12-22(24)25)23(27)21-14-20(21)18-8-10-19(11-9-18)28-15-17-6-4-3-5-7-17;/h3-11,20-22H,12-16,25H2,1-2H3;1H. The number of carbonyl (C=O) groups excluding carboxylic acids is 1. The fourth-order valence-corrected chi connectivity index (χ4v) is 4.18. The van der Waals surface area contributed by atoms with E-state index in [0.29, 0.717) is 18.4 Å². The van der Waals surface area contributed by atoms with E-state index in [1.165, 1.54) is 5.56 Å². The number of hydrogen-bond donors (Lipinski definition) is 1. The molecule has 1 saturated heterocycles. The molecule has 1 aliphatic carbocycles. The fraction of sp³-hybridized carbons (Fsp3) is 0.458. The highest BCUT2D eigenvalue weighted by atomic mass is 35.5. The second kappa shape index (κ2) is 8.76. The number of hydrogen-bond acceptors (Lipinski definition) is 3. The first kappa shape index (κ1) is 21.7. The van der Waals surface area contributed by atoms with Crippen LogP contribution in [0.3, 0.4) is 0 Å². The molecule has 0 radical (unpaired) electrons. The third-order valence-corrected chi connectivity index (χ3v) is 6.29. The molecule has 1 aliphatic heterocycles. The molecule has 4 rings (SSSR count). The van der Waals surface area contributed by atoms with Crippen molar-refractivity contribution >= 4 is 18.3 Å². The van der Waals surface area contributed by atoms with E-state index < -0.39 is 0 Å². The number of benzene rings is 2. The van der Waals surface area contributed by atoms with Crippen molar-refractivity contribution in [1.82, 2.24) is 4.90 Å². The highest BCUT2D eigenvalue weighted by Crippen LogP contribution is 2.49. The molecule has 1 saturated carbocycles. The number of ether oxygens (including phenoxy) is 1. The van der Waals surface area contributed by atoms with Crippen molar-refractivity contribution in [2.75, 3.05) is 13.1 Å². The van der Waals surface area contributed by atoms with Crippen molar-refractivity contribution in [3.8, 4) is 5.75 Å². The van der Waals surface area contributed by atoms with Crippen LogP contribution in [0.15, 0.2) is 54.6 Å². The van der Waals surface area contributed by atoms with Crippen LogP contribution in [0.25, 0.3) is 0 Å². The van der Waals surface area contributed by atoms with Gasteiger partial charge < -0.3 is 15.4 Å². The van der Waals surface area contributed by atoms with E-state index >= 15 is 0 Å². The van der Waals surface area contributed by atoms with E-state index in [4.69, 9.17) is 10.5 Å². The van der Waals surface area contributed by atoms with Crippen LogP contribution in [0.5, 0.6) is 5.75 Å². The van der Waals surface area contributed by atoms with E-state index in [1.807, 2.05) is 35.2 Å². The zero-order valence-corrected chi connectivity index (χ0v) is 18.0. The summed E-state index contributed by atoms with van der Waals surface area (Å²) in [6.07, 6.45) is 1.84. The minimum absolute atomic E-state index is 0. The van der Waals surface area contributed by atoms with Crippen LogP contribution in [-0.4, -0.2) is 29.9 Å². The van der Waals surface area contributed by atoms with Gasteiger partial charge in [-0.3, -0.25) is 4.79 Å². The van der Waals surface area contributed by atoms with Gasteiger partial charge in [-0.2, -0.15) is 0 Å². The third kappa shape index (κ3) is 4.93. The highest BCUT2D eigenvalue weighted by molar-refractivity contribution is 5.85. The molecule has 0 bridgehead atoms. The van der Waals surface area contributed by atoms with Gasteiger partial charge in [0.05, 0.1) is 0 Å². The van der Waals surface area contributed by atoms with Gasteiger partial charge in [-0.05, 0) is 47.4 Å². The van der Waals surface area contributed by atoms with Gasteiger partial charge in [0.1, 0.15) is 12.4 Å². The summed E-state index contributed by atoms with van der Waals surface area (Å²) in [5, 5.41) is 0. The SMILES string of the molecule is CC1(C)CN(C(=O)C2CC2c2ccc(OCc3ccccc3)cc2)CCC1N.Cl. The van der Waals surface area contributed by atoms with Crippen molar-refractivity contribution < 1.29 is 9.53 Å². The van der Waals surface area contributed by atoms with Gasteiger partial charge in [-0.1, -0.05) is 56.3 Å². The van der Waals surface area contributed by atoms with E-state index in [1.54, 1.807) is 0 Å². The van der Waals surface area contributed by atoms with Crippen LogP contribution in [-0.2, 0) is 11.4 Å². The average molecular weight is 415 g/mol. The molecule has 2 fully saturated rings. The van der Waals surface area contributed by atoms with Crippen molar-refractivity contribution in [2.45, 2.75) is 45.3 Å². The summed E-state index contributed by atoms with van der Waals surface area (Å²) in [5.74, 6) is 1.63. The summed E-state index contributed by atoms with van der Waals surface area (Å²) < 4.78 is 5.86. The van der Waals surface area contributed by atoms with Gasteiger partial charge >= 0.3 is 0 Å². The maximum Gasteiger partial charge on any atom is 0.226 e. The Balaban J connectivity index is 0.00000240. The largest absolute Gasteiger partial charge is 0.489 e. The second-order valence-electron chi connectivity index (χ2n) is 8.94. The summed E-state index contributed by atoms with van der Waals surface area (Å²) >= 11 is 0. The Hall–Kier alpha value is -2.04. The number of nitrogens with two attached hydrogens (primary N) is 1. The summed E-state index contributed by atoms with van der Waals surface area (Å²) in [6, 6.07) is 18.6. The predicted octanol–water partition coefficient (Wildman–Crippen LogP) is 4.38. The summed E-state index contributed by atoms with van der Waals surface area (Å²) in [7, 11) is 0. The Kier molecular flexibility index (Phi) is 6.55. The average Bonchev–Trinajstić information content (AvgIpc) is 3.50. The van der Waals surface area contributed by atoms with E-state index in [9.17, 15) is 4.79 Å². The third-order valence-electron chi connectivity index (χ3n) is 6.29. The zero-order valence-electron chi connectivity index (χ0n) is 17.2. The molecule has 5 heteroatoms. The number of likely N-dealkylation sites (tertiary alicyclic amines) is 1. The maximum atomic E-state index is 12.9. The van der Waals surface area contributed by atoms with Crippen molar-refractivity contribution in [1.29, 1.82) is 0 Å². The number of halogens is 1. The number of rotatable bonds is 5. The maximum absolute atomic E-state index is 12.9. The molecule has 3 atom stereocenters. The number of piperidine rings is 1. The van der Waals surface area contributed by atoms with Crippen LogP contribution in [0.4, 0.5) is 0 Å². The van der Waals surface area contributed by atoms with Crippen LogP contribution in [0, 0.1) is 11.3 Å². The molecule has 29 heavy (non-hydrogen) atoms.